The van der Waals surface area contributed by atoms with E-state index in [-0.39, 0.29) is 11.3 Å². The molecule has 4 aromatic heterocycles. The van der Waals surface area contributed by atoms with Crippen LogP contribution in [0, 0.1) is 20.8 Å². The molecule has 0 aliphatic carbocycles. The van der Waals surface area contributed by atoms with Crippen molar-refractivity contribution in [3.05, 3.63) is 58.9 Å². The van der Waals surface area contributed by atoms with Crippen LogP contribution in [0.4, 0.5) is 5.82 Å². The number of amides is 1. The zero-order valence-electron chi connectivity index (χ0n) is 19.3. The normalized spacial score (nSPS) is 11.8. The number of aromatic nitrogens is 7. The first-order valence-corrected chi connectivity index (χ1v) is 10.6. The van der Waals surface area contributed by atoms with Crippen LogP contribution < -0.4 is 5.32 Å². The molecule has 9 nitrogen and oxygen atoms in total. The van der Waals surface area contributed by atoms with Gasteiger partial charge in [0.1, 0.15) is 5.82 Å². The van der Waals surface area contributed by atoms with Gasteiger partial charge in [-0.05, 0) is 38.8 Å². The van der Waals surface area contributed by atoms with E-state index < -0.39 is 0 Å². The summed E-state index contributed by atoms with van der Waals surface area (Å²) in [5.41, 5.74) is 5.36. The molecule has 166 valence electrons. The van der Waals surface area contributed by atoms with E-state index in [1.54, 1.807) is 23.1 Å². The third-order valence-corrected chi connectivity index (χ3v) is 5.38. The SMILES string of the molecule is Cc1cc2nc(C)c(CCC(=O)Nc3cc(C(C)(C)C)nn3-c3ncccn3)c(C)n2n1. The number of carbonyl (C=O) groups is 1. The van der Waals surface area contributed by atoms with Gasteiger partial charge in [0.15, 0.2) is 5.65 Å². The molecule has 4 heterocycles. The van der Waals surface area contributed by atoms with Gasteiger partial charge in [-0.3, -0.25) is 4.79 Å². The summed E-state index contributed by atoms with van der Waals surface area (Å²) in [6, 6.07) is 5.58. The number of rotatable bonds is 5. The van der Waals surface area contributed by atoms with Gasteiger partial charge < -0.3 is 5.32 Å². The molecule has 0 spiro atoms. The maximum Gasteiger partial charge on any atom is 0.252 e. The summed E-state index contributed by atoms with van der Waals surface area (Å²) in [6.07, 6.45) is 4.17. The standard InChI is InChI=1S/C23H28N8O/c1-14-12-19-26-15(2)17(16(3)30(19)28-14)8-9-21(32)27-20-13-18(23(4,5)6)29-31(20)22-24-10-7-11-25-22/h7,10-13H,8-9H2,1-6H3,(H,27,32). The van der Waals surface area contributed by atoms with Crippen LogP contribution in [0.15, 0.2) is 30.6 Å². The molecule has 0 saturated heterocycles. The highest BCUT2D eigenvalue weighted by Gasteiger charge is 2.22. The predicted octanol–water partition coefficient (Wildman–Crippen LogP) is 3.50. The van der Waals surface area contributed by atoms with Gasteiger partial charge in [-0.25, -0.2) is 19.5 Å². The van der Waals surface area contributed by atoms with Gasteiger partial charge in [0.05, 0.1) is 11.4 Å². The first-order valence-electron chi connectivity index (χ1n) is 10.6. The van der Waals surface area contributed by atoms with Crippen LogP contribution in [-0.4, -0.2) is 40.3 Å². The van der Waals surface area contributed by atoms with Gasteiger partial charge in [-0.15, -0.1) is 0 Å². The molecule has 0 atom stereocenters. The molecule has 1 amide bonds. The Kier molecular flexibility index (Phi) is 5.50. The fourth-order valence-electron chi connectivity index (χ4n) is 3.64. The largest absolute Gasteiger partial charge is 0.310 e. The zero-order chi connectivity index (χ0) is 23.0. The van der Waals surface area contributed by atoms with Crippen LogP contribution >= 0.6 is 0 Å². The molecular weight excluding hydrogens is 404 g/mol. The highest BCUT2D eigenvalue weighted by molar-refractivity contribution is 5.90. The minimum absolute atomic E-state index is 0.113. The van der Waals surface area contributed by atoms with Crippen molar-refractivity contribution >= 4 is 17.4 Å². The highest BCUT2D eigenvalue weighted by Crippen LogP contribution is 2.25. The lowest BCUT2D eigenvalue weighted by Crippen LogP contribution is -2.17. The van der Waals surface area contributed by atoms with Crippen molar-refractivity contribution in [2.75, 3.05) is 5.32 Å². The van der Waals surface area contributed by atoms with E-state index in [0.29, 0.717) is 24.6 Å². The quantitative estimate of drug-likeness (QED) is 0.518. The molecule has 0 saturated carbocycles. The van der Waals surface area contributed by atoms with E-state index in [1.807, 2.05) is 37.4 Å². The molecule has 0 aliphatic heterocycles. The number of nitrogens with zero attached hydrogens (tertiary/aromatic N) is 7. The monoisotopic (exact) mass is 432 g/mol. The lowest BCUT2D eigenvalue weighted by atomic mass is 9.92. The summed E-state index contributed by atoms with van der Waals surface area (Å²) in [5.74, 6) is 0.850. The molecule has 4 aromatic rings. The first-order chi connectivity index (χ1) is 15.1. The molecule has 0 bridgehead atoms. The van der Waals surface area contributed by atoms with Crippen LogP contribution in [0.3, 0.4) is 0 Å². The average Bonchev–Trinajstić information content (AvgIpc) is 3.31. The fraction of sp³-hybridized carbons (Fsp3) is 0.391. The number of fused-ring (bicyclic) bond motifs is 1. The highest BCUT2D eigenvalue weighted by atomic mass is 16.1. The Bertz CT molecular complexity index is 1280. The molecule has 0 aromatic carbocycles. The Morgan fingerprint density at radius 1 is 1.06 bits per heavy atom. The number of carbonyl (C=O) groups excluding carboxylic acids is 1. The third kappa shape index (κ3) is 4.23. The van der Waals surface area contributed by atoms with E-state index in [4.69, 9.17) is 0 Å². The number of aryl methyl sites for hydroxylation is 3. The van der Waals surface area contributed by atoms with Crippen molar-refractivity contribution in [2.24, 2.45) is 0 Å². The minimum Gasteiger partial charge on any atom is -0.310 e. The third-order valence-electron chi connectivity index (χ3n) is 5.38. The summed E-state index contributed by atoms with van der Waals surface area (Å²) in [6.45, 7) is 12.1. The molecule has 4 rings (SSSR count). The molecule has 0 fully saturated rings. The average molecular weight is 433 g/mol. The summed E-state index contributed by atoms with van der Waals surface area (Å²) >= 11 is 0. The van der Waals surface area contributed by atoms with Crippen molar-refractivity contribution in [3.8, 4) is 5.95 Å². The summed E-state index contributed by atoms with van der Waals surface area (Å²) in [7, 11) is 0. The number of nitrogens with one attached hydrogen (secondary N) is 1. The minimum atomic E-state index is -0.184. The van der Waals surface area contributed by atoms with Gasteiger partial charge in [-0.1, -0.05) is 20.8 Å². The number of hydrogen-bond acceptors (Lipinski definition) is 6. The van der Waals surface area contributed by atoms with Crippen molar-refractivity contribution in [3.63, 3.8) is 0 Å². The van der Waals surface area contributed by atoms with E-state index in [2.05, 4.69) is 51.2 Å². The van der Waals surface area contributed by atoms with Crippen molar-refractivity contribution in [1.29, 1.82) is 0 Å². The Hall–Kier alpha value is -3.62. The molecule has 0 radical (unpaired) electrons. The van der Waals surface area contributed by atoms with Crippen LogP contribution in [-0.2, 0) is 16.6 Å². The summed E-state index contributed by atoms with van der Waals surface area (Å²) < 4.78 is 3.42. The van der Waals surface area contributed by atoms with Gasteiger partial charge in [0.2, 0.25) is 5.91 Å². The van der Waals surface area contributed by atoms with E-state index >= 15 is 0 Å². The lowest BCUT2D eigenvalue weighted by molar-refractivity contribution is -0.116. The molecule has 32 heavy (non-hydrogen) atoms. The van der Waals surface area contributed by atoms with Gasteiger partial charge in [0, 0.05) is 47.8 Å². The number of anilines is 1. The first kappa shape index (κ1) is 21.6. The van der Waals surface area contributed by atoms with Gasteiger partial charge >= 0.3 is 0 Å². The van der Waals surface area contributed by atoms with E-state index in [0.717, 1.165) is 34.0 Å². The van der Waals surface area contributed by atoms with E-state index in [1.165, 1.54) is 0 Å². The second-order valence-corrected chi connectivity index (χ2v) is 8.99. The predicted molar refractivity (Wildman–Crippen MR) is 122 cm³/mol. The fourth-order valence-corrected chi connectivity index (χ4v) is 3.64. The maximum absolute atomic E-state index is 12.9. The molecular formula is C23H28N8O. The van der Waals surface area contributed by atoms with Crippen molar-refractivity contribution in [2.45, 2.75) is 59.8 Å². The van der Waals surface area contributed by atoms with Gasteiger partial charge in [-0.2, -0.15) is 14.9 Å². The zero-order valence-corrected chi connectivity index (χ0v) is 19.3. The molecule has 0 aliphatic rings. The van der Waals surface area contributed by atoms with Crippen LogP contribution in [0.1, 0.15) is 55.5 Å². The van der Waals surface area contributed by atoms with Crippen molar-refractivity contribution in [1.82, 2.24) is 34.3 Å². The van der Waals surface area contributed by atoms with Crippen molar-refractivity contribution < 1.29 is 4.79 Å². The van der Waals surface area contributed by atoms with E-state index in [9.17, 15) is 4.79 Å². The summed E-state index contributed by atoms with van der Waals surface area (Å²) in [4.78, 5) is 26.1. The second-order valence-electron chi connectivity index (χ2n) is 8.99. The Morgan fingerprint density at radius 2 is 1.78 bits per heavy atom. The lowest BCUT2D eigenvalue weighted by Gasteiger charge is -2.13. The molecule has 1 N–H and O–H groups in total. The Morgan fingerprint density at radius 3 is 2.47 bits per heavy atom. The van der Waals surface area contributed by atoms with Crippen LogP contribution in [0.25, 0.3) is 11.6 Å². The van der Waals surface area contributed by atoms with Gasteiger partial charge in [0.25, 0.3) is 5.95 Å². The Balaban J connectivity index is 1.56. The number of hydrogen-bond donors (Lipinski definition) is 1. The Labute approximate surface area is 186 Å². The second kappa shape index (κ2) is 8.14. The topological polar surface area (TPSA) is 103 Å². The molecule has 9 heteroatoms. The van der Waals surface area contributed by atoms with Crippen LogP contribution in [0.2, 0.25) is 0 Å². The van der Waals surface area contributed by atoms with Crippen LogP contribution in [0.5, 0.6) is 0 Å². The summed E-state index contributed by atoms with van der Waals surface area (Å²) in [5, 5.41) is 12.1. The smallest absolute Gasteiger partial charge is 0.252 e. The molecule has 0 unspecified atom stereocenters. The maximum atomic E-state index is 12.9.